The molecule has 0 amide bonds. The molecule has 0 radical (unpaired) electrons. The molecule has 0 spiro atoms. The number of aliphatic hydroxyl groups excluding tert-OH is 1. The number of aliphatic hydroxyl groups is 1. The minimum absolute atomic E-state index is 0.00391. The molecular weight excluding hydrogens is 296 g/mol. The van der Waals surface area contributed by atoms with E-state index in [1.54, 1.807) is 13.2 Å². The van der Waals surface area contributed by atoms with Gasteiger partial charge in [0, 0.05) is 19.6 Å². The summed E-state index contributed by atoms with van der Waals surface area (Å²) in [6.07, 6.45) is 4.64. The lowest BCUT2D eigenvalue weighted by Gasteiger charge is -2.40. The Morgan fingerprint density at radius 1 is 1.35 bits per heavy atom. The third kappa shape index (κ3) is 6.36. The van der Waals surface area contributed by atoms with Crippen molar-refractivity contribution in [3.63, 3.8) is 0 Å². The molecule has 1 unspecified atom stereocenters. The van der Waals surface area contributed by atoms with Gasteiger partial charge in [-0.25, -0.2) is 0 Å². The smallest absolute Gasteiger partial charge is 0.147 e. The Bertz CT molecular complexity index is 346. The fourth-order valence-corrected chi connectivity index (χ4v) is 3.18. The molecule has 1 N–H and O–H groups in total. The molecule has 0 saturated carbocycles. The lowest BCUT2D eigenvalue weighted by Crippen LogP contribution is -2.44. The average molecular weight is 328 g/mol. The second-order valence-corrected chi connectivity index (χ2v) is 6.28. The van der Waals surface area contributed by atoms with Crippen molar-refractivity contribution in [2.45, 2.75) is 45.0 Å². The number of ether oxygens (including phenoxy) is 4. The third-order valence-corrected chi connectivity index (χ3v) is 4.59. The standard InChI is InChI=1S/C18H32O5/c1-6-16(19)13(3)10-15(8-9-21-11-20-5)18-14(4)17(7-2)22-12-23-18/h6-7,13-19H,1-2,8-12H2,3-5H3/t13-,14+,15+,16?,17-,18-/m1/s1. The van der Waals surface area contributed by atoms with Gasteiger partial charge in [0.05, 0.1) is 18.3 Å². The lowest BCUT2D eigenvalue weighted by atomic mass is 9.80. The molecule has 23 heavy (non-hydrogen) atoms. The summed E-state index contributed by atoms with van der Waals surface area (Å²) in [4.78, 5) is 0. The van der Waals surface area contributed by atoms with Crippen LogP contribution in [0.25, 0.3) is 0 Å². The summed E-state index contributed by atoms with van der Waals surface area (Å²) in [5, 5.41) is 10.00. The molecule has 134 valence electrons. The van der Waals surface area contributed by atoms with Crippen molar-refractivity contribution in [1.29, 1.82) is 0 Å². The second kappa shape index (κ2) is 10.9. The molecule has 6 atom stereocenters. The van der Waals surface area contributed by atoms with Crippen LogP contribution in [0.3, 0.4) is 0 Å². The highest BCUT2D eigenvalue weighted by atomic mass is 16.7. The fourth-order valence-electron chi connectivity index (χ4n) is 3.18. The normalized spacial score (nSPS) is 28.8. The van der Waals surface area contributed by atoms with Gasteiger partial charge in [-0.1, -0.05) is 26.0 Å². The van der Waals surface area contributed by atoms with Crippen LogP contribution in [-0.4, -0.2) is 50.7 Å². The number of methoxy groups -OCH3 is 1. The molecule has 5 nitrogen and oxygen atoms in total. The van der Waals surface area contributed by atoms with Gasteiger partial charge >= 0.3 is 0 Å². The zero-order valence-electron chi connectivity index (χ0n) is 14.6. The molecule has 1 fully saturated rings. The molecule has 0 aromatic heterocycles. The lowest BCUT2D eigenvalue weighted by molar-refractivity contribution is -0.209. The number of rotatable bonds is 11. The van der Waals surface area contributed by atoms with Crippen LogP contribution in [0, 0.1) is 17.8 Å². The maximum absolute atomic E-state index is 10.00. The van der Waals surface area contributed by atoms with Crippen LogP contribution in [0.2, 0.25) is 0 Å². The van der Waals surface area contributed by atoms with Gasteiger partial charge in [-0.2, -0.15) is 0 Å². The van der Waals surface area contributed by atoms with Crippen molar-refractivity contribution in [3.05, 3.63) is 25.3 Å². The highest BCUT2D eigenvalue weighted by Crippen LogP contribution is 2.33. The van der Waals surface area contributed by atoms with Gasteiger partial charge < -0.3 is 24.1 Å². The molecule has 0 aromatic rings. The van der Waals surface area contributed by atoms with E-state index < -0.39 is 6.10 Å². The second-order valence-electron chi connectivity index (χ2n) is 6.28. The summed E-state index contributed by atoms with van der Waals surface area (Å²) >= 11 is 0. The molecule has 1 aliphatic heterocycles. The van der Waals surface area contributed by atoms with E-state index in [0.717, 1.165) is 12.8 Å². The third-order valence-electron chi connectivity index (χ3n) is 4.59. The van der Waals surface area contributed by atoms with Crippen LogP contribution in [0.5, 0.6) is 0 Å². The van der Waals surface area contributed by atoms with Crippen LogP contribution >= 0.6 is 0 Å². The van der Waals surface area contributed by atoms with Crippen molar-refractivity contribution < 1.29 is 24.1 Å². The summed E-state index contributed by atoms with van der Waals surface area (Å²) in [6.45, 7) is 12.8. The quantitative estimate of drug-likeness (QED) is 0.359. The fraction of sp³-hybridized carbons (Fsp3) is 0.778. The van der Waals surface area contributed by atoms with E-state index in [0.29, 0.717) is 6.61 Å². The molecule has 1 aliphatic rings. The zero-order valence-corrected chi connectivity index (χ0v) is 14.6. The van der Waals surface area contributed by atoms with Crippen LogP contribution in [-0.2, 0) is 18.9 Å². The first kappa shape index (κ1) is 20.3. The Labute approximate surface area is 140 Å². The largest absolute Gasteiger partial charge is 0.389 e. The SMILES string of the molecule is C=CC(O)[C@H](C)C[C@H](CCOCOC)[C@@H]1OCO[C@H](C=C)[C@@H]1C. The van der Waals surface area contributed by atoms with Gasteiger partial charge in [0.25, 0.3) is 0 Å². The predicted molar refractivity (Wildman–Crippen MR) is 89.9 cm³/mol. The van der Waals surface area contributed by atoms with Crippen molar-refractivity contribution in [3.8, 4) is 0 Å². The first-order chi connectivity index (χ1) is 11.0. The topological polar surface area (TPSA) is 57.2 Å². The van der Waals surface area contributed by atoms with E-state index in [-0.39, 0.29) is 43.5 Å². The monoisotopic (exact) mass is 328 g/mol. The predicted octanol–water partition coefficient (Wildman–Crippen LogP) is 2.75. The van der Waals surface area contributed by atoms with Gasteiger partial charge in [0.2, 0.25) is 0 Å². The van der Waals surface area contributed by atoms with Crippen molar-refractivity contribution in [2.24, 2.45) is 17.8 Å². The Morgan fingerprint density at radius 2 is 2.09 bits per heavy atom. The van der Waals surface area contributed by atoms with Gasteiger partial charge in [0.1, 0.15) is 13.6 Å². The molecule has 1 rings (SSSR count). The summed E-state index contributed by atoms with van der Waals surface area (Å²) < 4.78 is 21.8. The van der Waals surface area contributed by atoms with Gasteiger partial charge in [-0.05, 0) is 24.7 Å². The Hall–Kier alpha value is -0.720. The molecule has 0 aromatic carbocycles. The maximum atomic E-state index is 10.00. The van der Waals surface area contributed by atoms with Crippen LogP contribution in [0.1, 0.15) is 26.7 Å². The van der Waals surface area contributed by atoms with Crippen molar-refractivity contribution in [2.75, 3.05) is 27.3 Å². The maximum Gasteiger partial charge on any atom is 0.147 e. The van der Waals surface area contributed by atoms with E-state index in [2.05, 4.69) is 20.1 Å². The minimum atomic E-state index is -0.511. The minimum Gasteiger partial charge on any atom is -0.389 e. The van der Waals surface area contributed by atoms with Crippen molar-refractivity contribution in [1.82, 2.24) is 0 Å². The molecule has 1 heterocycles. The Morgan fingerprint density at radius 3 is 2.70 bits per heavy atom. The van der Waals surface area contributed by atoms with E-state index in [1.165, 1.54) is 0 Å². The molecule has 0 bridgehead atoms. The molecule has 0 aliphatic carbocycles. The summed E-state index contributed by atoms with van der Waals surface area (Å²) in [6, 6.07) is 0. The highest BCUT2D eigenvalue weighted by molar-refractivity contribution is 4.93. The van der Waals surface area contributed by atoms with E-state index >= 15 is 0 Å². The van der Waals surface area contributed by atoms with Gasteiger partial charge in [0.15, 0.2) is 0 Å². The Kier molecular flexibility index (Phi) is 9.67. The first-order valence-corrected chi connectivity index (χ1v) is 8.28. The molecule has 5 heteroatoms. The summed E-state index contributed by atoms with van der Waals surface area (Å²) in [5.41, 5.74) is 0. The Balaban J connectivity index is 2.71. The van der Waals surface area contributed by atoms with E-state index in [1.807, 2.05) is 13.0 Å². The average Bonchev–Trinajstić information content (AvgIpc) is 2.57. The van der Waals surface area contributed by atoms with Crippen LogP contribution in [0.4, 0.5) is 0 Å². The van der Waals surface area contributed by atoms with Crippen molar-refractivity contribution >= 4 is 0 Å². The van der Waals surface area contributed by atoms with E-state index in [9.17, 15) is 5.11 Å². The first-order valence-electron chi connectivity index (χ1n) is 8.28. The number of hydrogen-bond donors (Lipinski definition) is 1. The van der Waals surface area contributed by atoms with Gasteiger partial charge in [-0.15, -0.1) is 13.2 Å². The summed E-state index contributed by atoms with van der Waals surface area (Å²) in [7, 11) is 1.61. The zero-order chi connectivity index (χ0) is 17.2. The van der Waals surface area contributed by atoms with E-state index in [4.69, 9.17) is 18.9 Å². The molecule has 1 saturated heterocycles. The van der Waals surface area contributed by atoms with Gasteiger partial charge in [-0.3, -0.25) is 0 Å². The highest BCUT2D eigenvalue weighted by Gasteiger charge is 2.36. The molecular formula is C18H32O5. The van der Waals surface area contributed by atoms with Crippen LogP contribution < -0.4 is 0 Å². The van der Waals surface area contributed by atoms with Crippen LogP contribution in [0.15, 0.2) is 25.3 Å². The number of hydrogen-bond acceptors (Lipinski definition) is 5. The summed E-state index contributed by atoms with van der Waals surface area (Å²) in [5.74, 6) is 0.584.